The first-order chi connectivity index (χ1) is 16.7. The van der Waals surface area contributed by atoms with Gasteiger partial charge in [0, 0.05) is 11.5 Å². The van der Waals surface area contributed by atoms with Crippen molar-refractivity contribution in [2.24, 2.45) is 17.6 Å². The number of phenolic OH excluding ortho intramolecular Hbond substituents is 1. The number of nitrogens with one attached hydrogen (secondary N) is 1. The minimum Gasteiger partial charge on any atom is -0.510 e. The van der Waals surface area contributed by atoms with E-state index in [4.69, 9.17) is 5.73 Å². The lowest BCUT2D eigenvalue weighted by Crippen LogP contribution is -2.63. The average Bonchev–Trinajstić information content (AvgIpc) is 2.77. The van der Waals surface area contributed by atoms with E-state index in [2.05, 4.69) is 21.2 Å². The lowest BCUT2D eigenvalue weighted by Gasteiger charge is -2.50. The van der Waals surface area contributed by atoms with Crippen LogP contribution in [0, 0.1) is 11.8 Å². The van der Waals surface area contributed by atoms with Crippen molar-refractivity contribution < 1.29 is 39.6 Å². The Bertz CT molecular complexity index is 1290. The number of fused-ring (bicyclic) bond motifs is 3. The second-order valence-corrected chi connectivity index (χ2v) is 10.9. The highest BCUT2D eigenvalue weighted by Crippen LogP contribution is 2.52. The first-order valence-electron chi connectivity index (χ1n) is 11.2. The zero-order valence-corrected chi connectivity index (χ0v) is 23.4. The smallest absolute Gasteiger partial charge is 0.255 e. The largest absolute Gasteiger partial charge is 0.510 e. The number of carbonyl (C=O) groups excluding carboxylic acids is 4. The molecule has 37 heavy (non-hydrogen) atoms. The summed E-state index contributed by atoms with van der Waals surface area (Å²) in [6, 6.07) is 1.99. The number of benzene rings is 1. The molecule has 13 heteroatoms. The van der Waals surface area contributed by atoms with Gasteiger partial charge in [-0.2, -0.15) is 0 Å². The third-order valence-corrected chi connectivity index (χ3v) is 7.63. The van der Waals surface area contributed by atoms with Gasteiger partial charge in [-0.25, -0.2) is 0 Å². The fraction of sp³-hybridized carbons (Fsp3) is 0.417. The minimum absolute atomic E-state index is 0. The van der Waals surface area contributed by atoms with Gasteiger partial charge in [0.25, 0.3) is 5.91 Å². The number of likely N-dealkylation sites (N-methyl/N-ethyl adjacent to an activating group) is 1. The molecule has 0 bridgehead atoms. The summed E-state index contributed by atoms with van der Waals surface area (Å²) in [4.78, 5) is 51.9. The topological polar surface area (TPSA) is 190 Å². The number of alkyl halides is 1. The number of nitrogens with two attached hydrogens (primary N) is 1. The molecule has 0 aromatic heterocycles. The van der Waals surface area contributed by atoms with Crippen LogP contribution in [0.15, 0.2) is 34.8 Å². The maximum Gasteiger partial charge on any atom is 0.255 e. The monoisotopic (exact) mass is 643 g/mol. The number of amides is 2. The summed E-state index contributed by atoms with van der Waals surface area (Å²) < 4.78 is 0. The van der Waals surface area contributed by atoms with Crippen molar-refractivity contribution >= 4 is 62.0 Å². The van der Waals surface area contributed by atoms with Crippen LogP contribution in [0.3, 0.4) is 0 Å². The van der Waals surface area contributed by atoms with E-state index in [1.165, 1.54) is 11.0 Å². The number of aromatic hydroxyl groups is 1. The Kier molecular flexibility index (Phi) is 7.68. The molecule has 0 spiro atoms. The quantitative estimate of drug-likeness (QED) is 0.160. The van der Waals surface area contributed by atoms with Crippen LogP contribution < -0.4 is 11.1 Å². The van der Waals surface area contributed by atoms with E-state index >= 15 is 0 Å². The number of aliphatic hydroxyl groups excluding tert-OH is 2. The number of aliphatic hydroxyl groups is 3. The lowest BCUT2D eigenvalue weighted by molar-refractivity contribution is -0.148. The Morgan fingerprint density at radius 3 is 2.38 bits per heavy atom. The van der Waals surface area contributed by atoms with E-state index in [1.54, 1.807) is 27.1 Å². The van der Waals surface area contributed by atoms with Crippen molar-refractivity contribution in [1.82, 2.24) is 4.90 Å². The fourth-order valence-electron chi connectivity index (χ4n) is 5.56. The second kappa shape index (κ2) is 9.86. The molecular weight excluding hydrogens is 618 g/mol. The van der Waals surface area contributed by atoms with Crippen molar-refractivity contribution in [3.05, 3.63) is 45.9 Å². The predicted molar refractivity (Wildman–Crippen MR) is 141 cm³/mol. The highest BCUT2D eigenvalue weighted by molar-refractivity contribution is 9.10. The third-order valence-electron chi connectivity index (χ3n) is 7.21. The molecule has 1 aromatic carbocycles. The lowest BCUT2D eigenvalue weighted by atomic mass is 9.58. The van der Waals surface area contributed by atoms with Gasteiger partial charge in [-0.05, 0) is 51.4 Å². The van der Waals surface area contributed by atoms with E-state index in [0.29, 0.717) is 5.56 Å². The van der Waals surface area contributed by atoms with Gasteiger partial charge in [0.15, 0.2) is 17.1 Å². The van der Waals surface area contributed by atoms with Crippen LogP contribution in [0.25, 0.3) is 0 Å². The molecule has 4 rings (SSSR count). The Hall–Kier alpha value is -2.74. The Morgan fingerprint density at radius 1 is 1.22 bits per heavy atom. The molecule has 1 aromatic rings. The fourth-order valence-corrected chi connectivity index (χ4v) is 5.67. The molecule has 0 heterocycles. The number of carbonyl (C=O) groups is 4. The zero-order chi connectivity index (χ0) is 26.9. The Labute approximate surface area is 230 Å². The first kappa shape index (κ1) is 28.8. The molecular formula is C24H27Br2N3O8. The highest BCUT2D eigenvalue weighted by atomic mass is 79.9. The number of anilines is 1. The molecule has 3 aliphatic rings. The maximum atomic E-state index is 13.6. The van der Waals surface area contributed by atoms with Crippen LogP contribution in [-0.2, 0) is 20.8 Å². The van der Waals surface area contributed by atoms with Crippen LogP contribution in [0.1, 0.15) is 29.3 Å². The molecule has 200 valence electrons. The van der Waals surface area contributed by atoms with Gasteiger partial charge in [0.2, 0.25) is 11.7 Å². The second-order valence-electron chi connectivity index (χ2n) is 9.56. The predicted octanol–water partition coefficient (Wildman–Crippen LogP) is 1.42. The van der Waals surface area contributed by atoms with Crippen molar-refractivity contribution in [2.45, 2.75) is 36.2 Å². The number of Topliss-reactive ketones (excluding diaryl/α,β-unsaturated/α-hetero) is 2. The van der Waals surface area contributed by atoms with Gasteiger partial charge in [0.05, 0.1) is 22.1 Å². The number of halogens is 2. The maximum absolute atomic E-state index is 13.6. The molecule has 7 N–H and O–H groups in total. The molecule has 0 saturated carbocycles. The van der Waals surface area contributed by atoms with Gasteiger partial charge in [-0.15, -0.1) is 17.0 Å². The molecule has 11 nitrogen and oxygen atoms in total. The molecule has 0 fully saturated rings. The number of allylic oxidation sites excluding steroid dienone is 1. The third kappa shape index (κ3) is 4.17. The number of primary amides is 1. The SMILES string of the molecule is Br.CC(Br)C(=O)Nc1ccc2c(c1O)C(=O)C1=C(O)C3(O)C(=O)C(C(N)=O)=C(O)[C@@H](N(C)C)C3CC1C2. The van der Waals surface area contributed by atoms with Gasteiger partial charge >= 0.3 is 0 Å². The first-order valence-corrected chi connectivity index (χ1v) is 12.1. The van der Waals surface area contributed by atoms with Gasteiger partial charge < -0.3 is 31.5 Å². The van der Waals surface area contributed by atoms with Gasteiger partial charge in [0.1, 0.15) is 17.1 Å². The molecule has 0 saturated heterocycles. The molecule has 4 unspecified atom stereocenters. The van der Waals surface area contributed by atoms with Crippen molar-refractivity contribution in [1.29, 1.82) is 0 Å². The highest BCUT2D eigenvalue weighted by Gasteiger charge is 2.63. The van der Waals surface area contributed by atoms with E-state index in [9.17, 15) is 39.6 Å². The normalized spacial score (nSPS) is 27.7. The summed E-state index contributed by atoms with van der Waals surface area (Å²) in [5.74, 6) is -7.67. The van der Waals surface area contributed by atoms with E-state index in [0.717, 1.165) is 0 Å². The summed E-state index contributed by atoms with van der Waals surface area (Å²) in [5.41, 5.74) is 1.76. The van der Waals surface area contributed by atoms with Crippen LogP contribution >= 0.6 is 32.9 Å². The molecule has 0 aliphatic heterocycles. The van der Waals surface area contributed by atoms with Crippen LogP contribution in [-0.4, -0.2) is 79.3 Å². The Morgan fingerprint density at radius 2 is 1.84 bits per heavy atom. The molecule has 3 aliphatic carbocycles. The Balaban J connectivity index is 0.00000380. The molecule has 5 atom stereocenters. The van der Waals surface area contributed by atoms with Gasteiger partial charge in [-0.3, -0.25) is 24.1 Å². The van der Waals surface area contributed by atoms with Gasteiger partial charge in [-0.1, -0.05) is 22.0 Å². The summed E-state index contributed by atoms with van der Waals surface area (Å²) >= 11 is 3.12. The number of hydrogen-bond donors (Lipinski definition) is 6. The van der Waals surface area contributed by atoms with E-state index < -0.39 is 74.5 Å². The minimum atomic E-state index is -2.70. The summed E-state index contributed by atoms with van der Waals surface area (Å²) in [5, 5.41) is 46.9. The summed E-state index contributed by atoms with van der Waals surface area (Å²) in [6.07, 6.45) is 0.178. The van der Waals surface area contributed by atoms with Crippen LogP contribution in [0.5, 0.6) is 5.75 Å². The zero-order valence-electron chi connectivity index (χ0n) is 20.1. The standard InChI is InChI=1S/C24H26BrN3O8.BrH/c1-8(25)23(35)27-12-5-4-9-6-10-7-11-16(28(2)3)19(31)15(22(26)34)21(33)24(11,36)20(32)14(10)18(30)13(9)17(12)29;/h4-5,8,10-11,16,29,31-32,36H,6-7H2,1-3H3,(H2,26,34)(H,27,35);1H/t8?,10?,11?,16-,24?;/m0./s1. The number of ketones is 2. The molecule has 0 radical (unpaired) electrons. The van der Waals surface area contributed by atoms with E-state index in [1.807, 2.05) is 0 Å². The van der Waals surface area contributed by atoms with E-state index in [-0.39, 0.29) is 46.6 Å². The van der Waals surface area contributed by atoms with Crippen LogP contribution in [0.4, 0.5) is 5.69 Å². The van der Waals surface area contributed by atoms with Crippen molar-refractivity contribution in [2.75, 3.05) is 19.4 Å². The number of nitrogens with zero attached hydrogens (tertiary/aromatic N) is 1. The number of phenols is 1. The summed E-state index contributed by atoms with van der Waals surface area (Å²) in [7, 11) is 3.13. The summed E-state index contributed by atoms with van der Waals surface area (Å²) in [6.45, 7) is 1.58. The molecule has 2 amide bonds. The van der Waals surface area contributed by atoms with Crippen molar-refractivity contribution in [3.63, 3.8) is 0 Å². The number of hydrogen-bond acceptors (Lipinski definition) is 9. The average molecular weight is 645 g/mol. The number of rotatable bonds is 4. The van der Waals surface area contributed by atoms with Crippen molar-refractivity contribution in [3.8, 4) is 5.75 Å². The van der Waals surface area contributed by atoms with Crippen LogP contribution in [0.2, 0.25) is 0 Å².